The predicted octanol–water partition coefficient (Wildman–Crippen LogP) is 6.60. The van der Waals surface area contributed by atoms with Gasteiger partial charge >= 0.3 is 0 Å². The van der Waals surface area contributed by atoms with Crippen LogP contribution in [0.4, 0.5) is 0 Å². The van der Waals surface area contributed by atoms with Crippen LogP contribution in [0, 0.1) is 0 Å². The number of halogens is 3. The maximum atomic E-state index is 13.3. The molecule has 32 heavy (non-hydrogen) atoms. The van der Waals surface area contributed by atoms with E-state index in [0.29, 0.717) is 27.2 Å². The first-order chi connectivity index (χ1) is 15.3. The van der Waals surface area contributed by atoms with Crippen LogP contribution in [0.1, 0.15) is 44.7 Å². The lowest BCUT2D eigenvalue weighted by molar-refractivity contribution is -0.139. The Morgan fingerprint density at radius 1 is 0.969 bits per heavy atom. The Hall–Kier alpha value is -1.40. The fourth-order valence-electron chi connectivity index (χ4n) is 3.16. The average Bonchev–Trinajstić information content (AvgIpc) is 2.76. The first-order valence-electron chi connectivity index (χ1n) is 10.6. The molecule has 2 amide bonds. The minimum absolute atomic E-state index is 0.0329. The van der Waals surface area contributed by atoms with Crippen molar-refractivity contribution in [2.75, 3.05) is 5.75 Å². The summed E-state index contributed by atoms with van der Waals surface area (Å²) in [6, 6.07) is 12.2. The second kappa shape index (κ2) is 13.3. The van der Waals surface area contributed by atoms with Crippen LogP contribution in [0.2, 0.25) is 15.1 Å². The van der Waals surface area contributed by atoms with Gasteiger partial charge in [0.2, 0.25) is 11.8 Å². The Balaban J connectivity index is 2.19. The summed E-state index contributed by atoms with van der Waals surface area (Å²) in [5.41, 5.74) is 1.60. The topological polar surface area (TPSA) is 49.4 Å². The van der Waals surface area contributed by atoms with Gasteiger partial charge in [0.15, 0.2) is 0 Å². The second-order valence-electron chi connectivity index (χ2n) is 7.55. The molecule has 0 saturated carbocycles. The van der Waals surface area contributed by atoms with Crippen molar-refractivity contribution in [3.8, 4) is 0 Å². The molecule has 0 unspecified atom stereocenters. The lowest BCUT2D eigenvalue weighted by atomic mass is 10.1. The van der Waals surface area contributed by atoms with Crippen molar-refractivity contribution in [1.82, 2.24) is 10.2 Å². The van der Waals surface area contributed by atoms with E-state index in [9.17, 15) is 9.59 Å². The van der Waals surface area contributed by atoms with Gasteiger partial charge in [-0.25, -0.2) is 0 Å². The summed E-state index contributed by atoms with van der Waals surface area (Å²) in [6.45, 7) is 6.13. The van der Waals surface area contributed by atoms with Gasteiger partial charge in [0.1, 0.15) is 6.04 Å². The van der Waals surface area contributed by atoms with Crippen LogP contribution in [0.3, 0.4) is 0 Å². The highest BCUT2D eigenvalue weighted by Crippen LogP contribution is 2.29. The summed E-state index contributed by atoms with van der Waals surface area (Å²) in [7, 11) is 0. The Bertz CT molecular complexity index is 906. The van der Waals surface area contributed by atoms with Crippen LogP contribution in [0.5, 0.6) is 0 Å². The van der Waals surface area contributed by atoms with Crippen molar-refractivity contribution in [1.29, 1.82) is 0 Å². The van der Waals surface area contributed by atoms with Gasteiger partial charge in [-0.2, -0.15) is 0 Å². The molecule has 0 aliphatic heterocycles. The summed E-state index contributed by atoms with van der Waals surface area (Å²) < 4.78 is 0. The van der Waals surface area contributed by atoms with E-state index in [1.165, 1.54) is 11.8 Å². The van der Waals surface area contributed by atoms with Gasteiger partial charge in [-0.3, -0.25) is 9.59 Å². The molecule has 0 aliphatic carbocycles. The molecule has 8 heteroatoms. The molecule has 0 aromatic heterocycles. The molecule has 2 aromatic carbocycles. The van der Waals surface area contributed by atoms with Crippen molar-refractivity contribution in [2.24, 2.45) is 0 Å². The number of amides is 2. The van der Waals surface area contributed by atoms with E-state index in [0.717, 1.165) is 17.5 Å². The number of thioether (sulfide) groups is 1. The molecule has 0 heterocycles. The summed E-state index contributed by atoms with van der Waals surface area (Å²) in [5, 5.41) is 4.72. The van der Waals surface area contributed by atoms with Crippen LogP contribution in [0.15, 0.2) is 42.5 Å². The van der Waals surface area contributed by atoms with E-state index >= 15 is 0 Å². The number of hydrogen-bond donors (Lipinski definition) is 1. The first-order valence-corrected chi connectivity index (χ1v) is 12.9. The van der Waals surface area contributed by atoms with E-state index < -0.39 is 6.04 Å². The number of rotatable bonds is 11. The molecule has 0 spiro atoms. The van der Waals surface area contributed by atoms with Gasteiger partial charge in [0.25, 0.3) is 0 Å². The van der Waals surface area contributed by atoms with Crippen molar-refractivity contribution in [3.63, 3.8) is 0 Å². The molecule has 2 aromatic rings. The zero-order chi connectivity index (χ0) is 23.7. The highest BCUT2D eigenvalue weighted by molar-refractivity contribution is 7.99. The summed E-state index contributed by atoms with van der Waals surface area (Å²) in [4.78, 5) is 27.9. The zero-order valence-corrected chi connectivity index (χ0v) is 21.6. The normalized spacial score (nSPS) is 12.8. The molecule has 2 rings (SSSR count). The Kier molecular flexibility index (Phi) is 11.2. The number of carbonyl (C=O) groups excluding carboxylic acids is 2. The van der Waals surface area contributed by atoms with Gasteiger partial charge in [-0.1, -0.05) is 72.9 Å². The van der Waals surface area contributed by atoms with Gasteiger partial charge < -0.3 is 10.2 Å². The molecule has 0 saturated heterocycles. The first kappa shape index (κ1) is 26.8. The standard InChI is InChI=1S/C24H29Cl3N2O2S/c1-4-16(3)28-24(31)22(5-2)29(13-17-9-6-7-10-19(17)25)23(30)15-32-14-18-20(26)11-8-12-21(18)27/h6-12,16,22H,4-5,13-15H2,1-3H3,(H,28,31)/t16-,22+/m0/s1. The Morgan fingerprint density at radius 2 is 1.59 bits per heavy atom. The molecule has 174 valence electrons. The SMILES string of the molecule is CC[C@H](C(=O)N[C@@H](C)CC)N(Cc1ccccc1Cl)C(=O)CSCc1c(Cl)cccc1Cl. The number of hydrogen-bond acceptors (Lipinski definition) is 3. The lowest BCUT2D eigenvalue weighted by Crippen LogP contribution is -2.51. The minimum Gasteiger partial charge on any atom is -0.352 e. The molecular weight excluding hydrogens is 487 g/mol. The van der Waals surface area contributed by atoms with E-state index in [2.05, 4.69) is 5.32 Å². The molecule has 1 N–H and O–H groups in total. The van der Waals surface area contributed by atoms with E-state index in [-0.39, 0.29) is 30.2 Å². The molecular formula is C24H29Cl3N2O2S. The summed E-state index contributed by atoms with van der Waals surface area (Å²) in [5.74, 6) is 0.407. The third kappa shape index (κ3) is 7.58. The van der Waals surface area contributed by atoms with Crippen LogP contribution in [-0.4, -0.2) is 34.6 Å². The van der Waals surface area contributed by atoms with Crippen LogP contribution in [-0.2, 0) is 21.9 Å². The van der Waals surface area contributed by atoms with Crippen molar-refractivity contribution >= 4 is 58.4 Å². The van der Waals surface area contributed by atoms with E-state index in [1.54, 1.807) is 29.2 Å². The molecule has 2 atom stereocenters. The van der Waals surface area contributed by atoms with Crippen LogP contribution >= 0.6 is 46.6 Å². The zero-order valence-electron chi connectivity index (χ0n) is 18.5. The third-order valence-corrected chi connectivity index (χ3v) is 7.24. The van der Waals surface area contributed by atoms with Crippen LogP contribution < -0.4 is 5.32 Å². The number of benzene rings is 2. The number of nitrogens with zero attached hydrogens (tertiary/aromatic N) is 1. The Labute approximate surface area is 210 Å². The lowest BCUT2D eigenvalue weighted by Gasteiger charge is -2.31. The van der Waals surface area contributed by atoms with Gasteiger partial charge in [0, 0.05) is 33.4 Å². The Morgan fingerprint density at radius 3 is 2.19 bits per heavy atom. The van der Waals surface area contributed by atoms with Gasteiger partial charge in [-0.05, 0) is 49.1 Å². The van der Waals surface area contributed by atoms with E-state index in [4.69, 9.17) is 34.8 Å². The fraction of sp³-hybridized carbons (Fsp3) is 0.417. The predicted molar refractivity (Wildman–Crippen MR) is 137 cm³/mol. The quantitative estimate of drug-likeness (QED) is 0.367. The molecule has 0 radical (unpaired) electrons. The highest BCUT2D eigenvalue weighted by Gasteiger charge is 2.29. The summed E-state index contributed by atoms with van der Waals surface area (Å²) in [6.07, 6.45) is 1.31. The molecule has 0 fully saturated rings. The van der Waals surface area contributed by atoms with E-state index in [1.807, 2.05) is 39.0 Å². The maximum absolute atomic E-state index is 13.3. The monoisotopic (exact) mass is 514 g/mol. The van der Waals surface area contributed by atoms with Gasteiger partial charge in [0.05, 0.1) is 5.75 Å². The highest BCUT2D eigenvalue weighted by atomic mass is 35.5. The molecule has 0 aliphatic rings. The second-order valence-corrected chi connectivity index (χ2v) is 9.76. The number of nitrogens with one attached hydrogen (secondary N) is 1. The van der Waals surface area contributed by atoms with Gasteiger partial charge in [-0.15, -0.1) is 11.8 Å². The summed E-state index contributed by atoms with van der Waals surface area (Å²) >= 11 is 20.3. The molecule has 0 bridgehead atoms. The largest absolute Gasteiger partial charge is 0.352 e. The molecule has 4 nitrogen and oxygen atoms in total. The average molecular weight is 516 g/mol. The van der Waals surface area contributed by atoms with Crippen molar-refractivity contribution in [3.05, 3.63) is 68.7 Å². The number of carbonyl (C=O) groups is 2. The maximum Gasteiger partial charge on any atom is 0.243 e. The minimum atomic E-state index is -0.586. The fourth-order valence-corrected chi connectivity index (χ4v) is 5.01. The van der Waals surface area contributed by atoms with Crippen molar-refractivity contribution < 1.29 is 9.59 Å². The smallest absolute Gasteiger partial charge is 0.243 e. The van der Waals surface area contributed by atoms with Crippen LogP contribution in [0.25, 0.3) is 0 Å². The van der Waals surface area contributed by atoms with Crippen molar-refractivity contribution in [2.45, 2.75) is 58.0 Å². The third-order valence-electron chi connectivity index (χ3n) is 5.22.